The van der Waals surface area contributed by atoms with E-state index >= 15 is 0 Å². The Morgan fingerprint density at radius 2 is 1.63 bits per heavy atom. The molecule has 1 aliphatic heterocycles. The van der Waals surface area contributed by atoms with Crippen LogP contribution in [0.1, 0.15) is 40.0 Å². The van der Waals surface area contributed by atoms with Crippen molar-refractivity contribution < 1.29 is 19.1 Å². The smallest absolute Gasteiger partial charge is 0.306 e. The molecule has 0 bridgehead atoms. The first-order valence-corrected chi connectivity index (χ1v) is 12.8. The lowest BCUT2D eigenvalue weighted by Gasteiger charge is -2.44. The van der Waals surface area contributed by atoms with Gasteiger partial charge in [0.05, 0.1) is 6.61 Å². The molecule has 0 spiro atoms. The molecular formula is C25H34O4Si. The molecule has 2 aromatic rings. The molecule has 0 unspecified atom stereocenters. The van der Waals surface area contributed by atoms with Gasteiger partial charge in [-0.15, -0.1) is 0 Å². The van der Waals surface area contributed by atoms with Crippen molar-refractivity contribution in [2.45, 2.75) is 45.1 Å². The third kappa shape index (κ3) is 4.85. The monoisotopic (exact) mass is 426 g/mol. The lowest BCUT2D eigenvalue weighted by Crippen LogP contribution is -2.67. The van der Waals surface area contributed by atoms with Crippen molar-refractivity contribution in [3.05, 3.63) is 60.7 Å². The highest BCUT2D eigenvalue weighted by Gasteiger charge is 2.50. The third-order valence-corrected chi connectivity index (χ3v) is 11.3. The molecule has 4 nitrogen and oxygen atoms in total. The molecule has 3 rings (SSSR count). The quantitative estimate of drug-likeness (QED) is 0.518. The van der Waals surface area contributed by atoms with Gasteiger partial charge in [-0.1, -0.05) is 81.4 Å². The second-order valence-corrected chi connectivity index (χ2v) is 13.5. The minimum atomic E-state index is -2.62. The number of rotatable bonds is 8. The van der Waals surface area contributed by atoms with Crippen LogP contribution in [0.5, 0.6) is 0 Å². The predicted octanol–water partition coefficient (Wildman–Crippen LogP) is 3.51. The van der Waals surface area contributed by atoms with Gasteiger partial charge in [0.15, 0.2) is 0 Å². The van der Waals surface area contributed by atoms with Crippen molar-refractivity contribution in [2.75, 3.05) is 19.8 Å². The van der Waals surface area contributed by atoms with Crippen LogP contribution in [-0.4, -0.2) is 39.2 Å². The van der Waals surface area contributed by atoms with E-state index < -0.39 is 8.32 Å². The highest BCUT2D eigenvalue weighted by molar-refractivity contribution is 6.99. The van der Waals surface area contributed by atoms with E-state index in [2.05, 4.69) is 69.3 Å². The Morgan fingerprint density at radius 1 is 1.07 bits per heavy atom. The van der Waals surface area contributed by atoms with E-state index in [1.54, 1.807) is 0 Å². The Balaban J connectivity index is 1.98. The van der Waals surface area contributed by atoms with Gasteiger partial charge in [0.2, 0.25) is 0 Å². The highest BCUT2D eigenvalue weighted by atomic mass is 28.4. The summed E-state index contributed by atoms with van der Waals surface area (Å²) in [6.07, 6.45) is 1.88. The molecule has 0 radical (unpaired) electrons. The molecule has 0 aliphatic carbocycles. The van der Waals surface area contributed by atoms with E-state index in [1.807, 2.05) is 12.1 Å². The van der Waals surface area contributed by atoms with Crippen LogP contribution >= 0.6 is 0 Å². The van der Waals surface area contributed by atoms with Crippen LogP contribution in [0, 0.1) is 11.8 Å². The summed E-state index contributed by atoms with van der Waals surface area (Å²) in [6.45, 7) is 7.88. The number of esters is 1. The number of cyclic esters (lactones) is 1. The summed E-state index contributed by atoms with van der Waals surface area (Å²) in [7, 11) is -2.62. The molecule has 0 saturated carbocycles. The molecule has 1 saturated heterocycles. The Hall–Kier alpha value is -1.95. The SMILES string of the molecule is CC(C)(C)[Si](OC[C@H](CCO)[C@@H]1CCOC(=O)C1)(c1ccccc1)c1ccccc1. The maximum Gasteiger partial charge on any atom is 0.306 e. The van der Waals surface area contributed by atoms with Crippen molar-refractivity contribution in [3.63, 3.8) is 0 Å². The predicted molar refractivity (Wildman–Crippen MR) is 122 cm³/mol. The summed E-state index contributed by atoms with van der Waals surface area (Å²) in [5.41, 5.74) is 0. The van der Waals surface area contributed by atoms with Gasteiger partial charge in [-0.05, 0) is 40.1 Å². The summed E-state index contributed by atoms with van der Waals surface area (Å²) < 4.78 is 12.2. The molecule has 162 valence electrons. The number of hydrogen-bond acceptors (Lipinski definition) is 4. The van der Waals surface area contributed by atoms with E-state index in [0.717, 1.165) is 6.42 Å². The minimum absolute atomic E-state index is 0.0923. The summed E-state index contributed by atoms with van der Waals surface area (Å²) in [5, 5.41) is 12.1. The van der Waals surface area contributed by atoms with Gasteiger partial charge in [-0.2, -0.15) is 0 Å². The molecule has 1 N–H and O–H groups in total. The summed E-state index contributed by atoms with van der Waals surface area (Å²) in [6, 6.07) is 21.1. The molecule has 0 aromatic heterocycles. The Kier molecular flexibility index (Phi) is 7.50. The van der Waals surface area contributed by atoms with E-state index in [0.29, 0.717) is 26.1 Å². The number of aliphatic hydroxyl groups excluding tert-OH is 1. The number of carbonyl (C=O) groups is 1. The van der Waals surface area contributed by atoms with Gasteiger partial charge in [-0.25, -0.2) is 0 Å². The molecule has 0 amide bonds. The van der Waals surface area contributed by atoms with Gasteiger partial charge in [0.25, 0.3) is 8.32 Å². The molecule has 1 fully saturated rings. The zero-order valence-electron chi connectivity index (χ0n) is 18.3. The molecular weight excluding hydrogens is 392 g/mol. The van der Waals surface area contributed by atoms with Crippen LogP contribution in [0.25, 0.3) is 0 Å². The molecule has 5 heteroatoms. The fourth-order valence-corrected chi connectivity index (χ4v) is 9.34. The maximum atomic E-state index is 11.9. The molecule has 30 heavy (non-hydrogen) atoms. The third-order valence-electron chi connectivity index (χ3n) is 6.28. The van der Waals surface area contributed by atoms with Gasteiger partial charge in [0, 0.05) is 19.6 Å². The Morgan fingerprint density at radius 3 is 2.10 bits per heavy atom. The zero-order chi connectivity index (χ0) is 21.6. The standard InChI is InChI=1S/C25H34O4Si/c1-25(2,3)30(22-10-6-4-7-11-22,23-12-8-5-9-13-23)29-19-21(14-16-26)20-15-17-28-24(27)18-20/h4-13,20-21,26H,14-19H2,1-3H3/t20-,21+/m1/s1. The van der Waals surface area contributed by atoms with Gasteiger partial charge in [-0.3, -0.25) is 4.79 Å². The number of benzene rings is 2. The average molecular weight is 427 g/mol. The lowest BCUT2D eigenvalue weighted by molar-refractivity contribution is -0.150. The fraction of sp³-hybridized carbons (Fsp3) is 0.480. The molecule has 1 heterocycles. The summed E-state index contributed by atoms with van der Waals surface area (Å²) in [5.74, 6) is 0.181. The Bertz CT molecular complexity index is 761. The number of carbonyl (C=O) groups excluding carboxylic acids is 1. The van der Waals surface area contributed by atoms with Crippen LogP contribution < -0.4 is 10.4 Å². The first kappa shape index (κ1) is 22.7. The number of ether oxygens (including phenoxy) is 1. The number of aliphatic hydroxyl groups is 1. The largest absolute Gasteiger partial charge is 0.466 e. The summed E-state index contributed by atoms with van der Waals surface area (Å²) in [4.78, 5) is 11.9. The van der Waals surface area contributed by atoms with Crippen molar-refractivity contribution >= 4 is 24.7 Å². The van der Waals surface area contributed by atoms with Crippen molar-refractivity contribution in [3.8, 4) is 0 Å². The van der Waals surface area contributed by atoms with Crippen LogP contribution in [0.15, 0.2) is 60.7 Å². The van der Waals surface area contributed by atoms with Crippen molar-refractivity contribution in [2.24, 2.45) is 11.8 Å². The topological polar surface area (TPSA) is 55.8 Å². The molecule has 1 aliphatic rings. The maximum absolute atomic E-state index is 11.9. The van der Waals surface area contributed by atoms with Crippen molar-refractivity contribution in [1.82, 2.24) is 0 Å². The van der Waals surface area contributed by atoms with E-state index in [-0.39, 0.29) is 29.5 Å². The Labute approximate surface area is 181 Å². The fourth-order valence-electron chi connectivity index (χ4n) is 4.72. The van der Waals surface area contributed by atoms with E-state index in [9.17, 15) is 9.90 Å². The van der Waals surface area contributed by atoms with Crippen molar-refractivity contribution in [1.29, 1.82) is 0 Å². The molecule has 2 atom stereocenters. The van der Waals surface area contributed by atoms with E-state index in [1.165, 1.54) is 10.4 Å². The van der Waals surface area contributed by atoms with Gasteiger partial charge >= 0.3 is 5.97 Å². The minimum Gasteiger partial charge on any atom is -0.466 e. The van der Waals surface area contributed by atoms with E-state index in [4.69, 9.17) is 9.16 Å². The normalized spacial score (nSPS) is 18.7. The van der Waals surface area contributed by atoms with Crippen LogP contribution in [-0.2, 0) is 14.0 Å². The van der Waals surface area contributed by atoms with Gasteiger partial charge in [0.1, 0.15) is 0 Å². The van der Waals surface area contributed by atoms with Crippen LogP contribution in [0.3, 0.4) is 0 Å². The van der Waals surface area contributed by atoms with Gasteiger partial charge < -0.3 is 14.3 Å². The molecule has 2 aromatic carbocycles. The average Bonchev–Trinajstić information content (AvgIpc) is 2.74. The summed E-state index contributed by atoms with van der Waals surface area (Å²) >= 11 is 0. The first-order valence-electron chi connectivity index (χ1n) is 10.9. The van der Waals surface area contributed by atoms with Crippen LogP contribution in [0.4, 0.5) is 0 Å². The first-order chi connectivity index (χ1) is 14.4. The zero-order valence-corrected chi connectivity index (χ0v) is 19.3. The second-order valence-electron chi connectivity index (χ2n) is 9.22. The number of hydrogen-bond donors (Lipinski definition) is 1. The highest BCUT2D eigenvalue weighted by Crippen LogP contribution is 2.38. The second kappa shape index (κ2) is 9.90. The van der Waals surface area contributed by atoms with Crippen LogP contribution in [0.2, 0.25) is 5.04 Å². The lowest BCUT2D eigenvalue weighted by atomic mass is 9.84.